The van der Waals surface area contributed by atoms with Crippen molar-refractivity contribution >= 4 is 47.5 Å². The number of aryl methyl sites for hydroxylation is 4. The van der Waals surface area contributed by atoms with Gasteiger partial charge in [-0.1, -0.05) is 97.1 Å². The molecule has 4 aliphatic carbocycles. The van der Waals surface area contributed by atoms with Gasteiger partial charge in [0.2, 0.25) is 23.6 Å². The standard InChI is InChI=1S/2C19H28N2O2.2C17H22O4/c1-13-8-6-7-9-17(13)14-10-15(18(22)20(2)3)12-16(11-14)19(23)21(4)5;1-13-8-6-7-9-19(13)16-10-17(20(4)14(2)22)12-18(11-16)21(5)15(3)23;1-11-6-4-5-7-15(11)12-8-13(16(18)20-2)10-14(9-12)17(19)21-3;1-11-6-4-5-7-17(11)14-8-15(20-12(2)18)10-16(9-14)21-13(3)19/h6-9,14-16H,10-12H2,1-5H3;6-9,16-18H,10-12H2,1-5H3;4-7,12-14H,8-10H2,1-3H3;4-7,14-16H,8-10H2,1-3H3. The molecule has 480 valence electrons. The van der Waals surface area contributed by atoms with E-state index in [-0.39, 0.29) is 113 Å². The van der Waals surface area contributed by atoms with Crippen LogP contribution in [0.15, 0.2) is 97.1 Å². The number of carbonyl (C=O) groups is 8. The van der Waals surface area contributed by atoms with Crippen molar-refractivity contribution in [1.82, 2.24) is 19.6 Å². The lowest BCUT2D eigenvalue weighted by Gasteiger charge is -2.42. The molecule has 4 saturated carbocycles. The first-order chi connectivity index (χ1) is 41.6. The van der Waals surface area contributed by atoms with Crippen LogP contribution in [0.2, 0.25) is 0 Å². The van der Waals surface area contributed by atoms with Crippen LogP contribution >= 0.6 is 0 Å². The van der Waals surface area contributed by atoms with E-state index in [1.54, 1.807) is 51.8 Å². The predicted octanol–water partition coefficient (Wildman–Crippen LogP) is 11.6. The highest BCUT2D eigenvalue weighted by Crippen LogP contribution is 2.44. The highest BCUT2D eigenvalue weighted by atomic mass is 16.6. The lowest BCUT2D eigenvalue weighted by Crippen LogP contribution is -2.48. The Morgan fingerprint density at radius 1 is 0.352 bits per heavy atom. The first kappa shape index (κ1) is 71.4. The van der Waals surface area contributed by atoms with E-state index in [0.29, 0.717) is 25.2 Å². The summed E-state index contributed by atoms with van der Waals surface area (Å²) in [7, 11) is 13.7. The molecule has 4 amide bonds. The van der Waals surface area contributed by atoms with Gasteiger partial charge in [-0.25, -0.2) is 0 Å². The number of methoxy groups -OCH3 is 2. The second-order valence-electron chi connectivity index (χ2n) is 25.4. The van der Waals surface area contributed by atoms with Crippen molar-refractivity contribution in [3.05, 3.63) is 142 Å². The zero-order valence-electron chi connectivity index (χ0n) is 55.3. The molecule has 0 N–H and O–H groups in total. The Morgan fingerprint density at radius 2 is 0.625 bits per heavy atom. The molecule has 4 aromatic carbocycles. The van der Waals surface area contributed by atoms with E-state index in [1.165, 1.54) is 72.6 Å². The molecule has 4 aromatic rings. The summed E-state index contributed by atoms with van der Waals surface area (Å²) in [6.45, 7) is 14.4. The van der Waals surface area contributed by atoms with Crippen molar-refractivity contribution in [2.24, 2.45) is 23.7 Å². The Balaban J connectivity index is 0.000000214. The number of hydrogen-bond donors (Lipinski definition) is 0. The molecule has 88 heavy (non-hydrogen) atoms. The van der Waals surface area contributed by atoms with E-state index in [0.717, 1.165) is 57.8 Å². The molecule has 0 aliphatic heterocycles. The van der Waals surface area contributed by atoms with Gasteiger partial charge in [0.15, 0.2) is 0 Å². The molecule has 16 nitrogen and oxygen atoms in total. The van der Waals surface area contributed by atoms with E-state index < -0.39 is 0 Å². The van der Waals surface area contributed by atoms with Gasteiger partial charge in [-0.2, -0.15) is 0 Å². The number of benzene rings is 4. The molecule has 4 aliphatic rings. The predicted molar refractivity (Wildman–Crippen MR) is 342 cm³/mol. The van der Waals surface area contributed by atoms with Crippen LogP contribution in [-0.2, 0) is 57.3 Å². The molecule has 0 heterocycles. The third-order valence-corrected chi connectivity index (χ3v) is 18.6. The van der Waals surface area contributed by atoms with Gasteiger partial charge in [0.25, 0.3) is 0 Å². The van der Waals surface area contributed by atoms with Gasteiger partial charge in [0, 0.05) is 100 Å². The highest BCUT2D eigenvalue weighted by Gasteiger charge is 2.41. The van der Waals surface area contributed by atoms with Gasteiger partial charge in [0.05, 0.1) is 26.1 Å². The van der Waals surface area contributed by atoms with E-state index in [4.69, 9.17) is 18.9 Å². The van der Waals surface area contributed by atoms with Crippen molar-refractivity contribution in [2.45, 2.75) is 180 Å². The number of rotatable bonds is 12. The molecule has 8 unspecified atom stereocenters. The van der Waals surface area contributed by atoms with Crippen molar-refractivity contribution in [3.63, 3.8) is 0 Å². The number of hydrogen-bond acceptors (Lipinski definition) is 12. The molecule has 0 radical (unpaired) electrons. The van der Waals surface area contributed by atoms with Gasteiger partial charge >= 0.3 is 23.9 Å². The first-order valence-corrected chi connectivity index (χ1v) is 31.2. The van der Waals surface area contributed by atoms with Crippen LogP contribution in [0.1, 0.15) is 173 Å². The Labute approximate surface area is 524 Å². The minimum absolute atomic E-state index is 0.0720. The number of carbonyl (C=O) groups excluding carboxylic acids is 8. The lowest BCUT2D eigenvalue weighted by molar-refractivity contribution is -0.157. The smallest absolute Gasteiger partial charge is 0.308 e. The SMILES string of the molecule is CC(=O)N(C)C1CC(c2ccccc2C)CC(N(C)C(C)=O)C1.CC(=O)OC1CC(OC(C)=O)CC(c2ccccc2C)C1.COC(=O)C1CC(C(=O)OC)CC(c2ccccc2C)C1.Cc1ccccc1C1CC(C(=O)N(C)C)CC(C(=O)N(C)C)C1. The van der Waals surface area contributed by atoms with E-state index in [9.17, 15) is 38.4 Å². The van der Waals surface area contributed by atoms with Gasteiger partial charge in [-0.15, -0.1) is 0 Å². The molecule has 0 spiro atoms. The lowest BCUT2D eigenvalue weighted by atomic mass is 9.71. The summed E-state index contributed by atoms with van der Waals surface area (Å²) in [6.07, 6.45) is 8.84. The Bertz CT molecular complexity index is 2910. The quantitative estimate of drug-likeness (QED) is 0.0966. The van der Waals surface area contributed by atoms with Crippen LogP contribution in [0, 0.1) is 51.4 Å². The monoisotopic (exact) mass is 1210 g/mol. The maximum Gasteiger partial charge on any atom is 0.308 e. The minimum atomic E-state index is -0.285. The zero-order valence-corrected chi connectivity index (χ0v) is 55.3. The Morgan fingerprint density at radius 3 is 0.898 bits per heavy atom. The summed E-state index contributed by atoms with van der Waals surface area (Å²) in [5.41, 5.74) is 10.0. The third-order valence-electron chi connectivity index (χ3n) is 18.6. The topological polar surface area (TPSA) is 186 Å². The van der Waals surface area contributed by atoms with Crippen molar-refractivity contribution in [1.29, 1.82) is 0 Å². The fourth-order valence-corrected chi connectivity index (χ4v) is 14.0. The molecule has 0 saturated heterocycles. The summed E-state index contributed by atoms with van der Waals surface area (Å²) in [5, 5.41) is 0. The molecule has 4 fully saturated rings. The van der Waals surface area contributed by atoms with Crippen LogP contribution in [0.3, 0.4) is 0 Å². The van der Waals surface area contributed by atoms with Crippen LogP contribution in [0.25, 0.3) is 0 Å². The maximum absolute atomic E-state index is 12.5. The average Bonchev–Trinajstić information content (AvgIpc) is 2.04. The van der Waals surface area contributed by atoms with E-state index >= 15 is 0 Å². The van der Waals surface area contributed by atoms with E-state index in [2.05, 4.69) is 88.4 Å². The first-order valence-electron chi connectivity index (χ1n) is 31.2. The minimum Gasteiger partial charge on any atom is -0.469 e. The van der Waals surface area contributed by atoms with Crippen molar-refractivity contribution in [3.8, 4) is 0 Å². The molecule has 0 aromatic heterocycles. The summed E-state index contributed by atoms with van der Waals surface area (Å²) >= 11 is 0. The second kappa shape index (κ2) is 33.8. The van der Waals surface area contributed by atoms with Crippen LogP contribution in [0.5, 0.6) is 0 Å². The normalized spacial score (nSPS) is 24.6. The van der Waals surface area contributed by atoms with Crippen LogP contribution < -0.4 is 0 Å². The molecule has 0 bridgehead atoms. The van der Waals surface area contributed by atoms with Crippen LogP contribution in [-0.4, -0.2) is 148 Å². The molecular weight excluding hydrogens is 1110 g/mol. The summed E-state index contributed by atoms with van der Waals surface area (Å²) < 4.78 is 20.5. The van der Waals surface area contributed by atoms with Gasteiger partial charge in [-0.05, 0) is 167 Å². The Hall–Kier alpha value is -7.36. The van der Waals surface area contributed by atoms with Gasteiger partial charge in [-0.3, -0.25) is 38.4 Å². The fraction of sp³-hybridized carbons (Fsp3) is 0.556. The molecule has 8 rings (SSSR count). The van der Waals surface area contributed by atoms with Crippen molar-refractivity contribution < 1.29 is 57.3 Å². The summed E-state index contributed by atoms with van der Waals surface area (Å²) in [4.78, 5) is 102. The average molecular weight is 1210 g/mol. The third kappa shape index (κ3) is 20.3. The number of nitrogens with zero attached hydrogens (tertiary/aromatic N) is 4. The van der Waals surface area contributed by atoms with Crippen molar-refractivity contribution in [2.75, 3.05) is 56.5 Å². The molecular formula is C72H100N4O12. The number of ether oxygens (including phenoxy) is 4. The van der Waals surface area contributed by atoms with Gasteiger partial charge < -0.3 is 38.5 Å². The van der Waals surface area contributed by atoms with Crippen LogP contribution in [0.4, 0.5) is 0 Å². The molecule has 16 heteroatoms. The summed E-state index contributed by atoms with van der Waals surface area (Å²) in [5.74, 6) is -0.125. The highest BCUT2D eigenvalue weighted by molar-refractivity contribution is 5.82. The van der Waals surface area contributed by atoms with Gasteiger partial charge in [0.1, 0.15) is 12.2 Å². The zero-order chi connectivity index (χ0) is 65.1. The fourth-order valence-electron chi connectivity index (χ4n) is 14.0. The molecule has 8 atom stereocenters. The largest absolute Gasteiger partial charge is 0.469 e. The number of amides is 4. The number of esters is 4. The van der Waals surface area contributed by atoms with E-state index in [1.807, 2.05) is 60.3 Å². The second-order valence-corrected chi connectivity index (χ2v) is 25.4. The summed E-state index contributed by atoms with van der Waals surface area (Å²) in [6, 6.07) is 33.5. The Kier molecular flexibility index (Phi) is 27.5. The maximum atomic E-state index is 12.5.